The molecule has 1 nitrogen and oxygen atoms in total. The molecule has 182 valence electrons. The van der Waals surface area contributed by atoms with E-state index >= 15 is 0 Å². The second-order valence-electron chi connectivity index (χ2n) is 9.86. The van der Waals surface area contributed by atoms with Crippen LogP contribution < -0.4 is 4.90 Å². The van der Waals surface area contributed by atoms with Gasteiger partial charge in [0.15, 0.2) is 0 Å². The van der Waals surface area contributed by atoms with E-state index < -0.39 is 0 Å². The summed E-state index contributed by atoms with van der Waals surface area (Å²) in [6.45, 7) is 13.1. The van der Waals surface area contributed by atoms with Gasteiger partial charge in [0.1, 0.15) is 0 Å². The van der Waals surface area contributed by atoms with Crippen molar-refractivity contribution in [3.05, 3.63) is 95.2 Å². The third-order valence-corrected chi connectivity index (χ3v) is 7.50. The van der Waals surface area contributed by atoms with Crippen LogP contribution in [0, 0.1) is 12.8 Å². The van der Waals surface area contributed by atoms with Crippen LogP contribution in [0.1, 0.15) is 90.7 Å². The van der Waals surface area contributed by atoms with E-state index in [9.17, 15) is 0 Å². The fourth-order valence-electron chi connectivity index (χ4n) is 5.52. The van der Waals surface area contributed by atoms with Crippen molar-refractivity contribution in [2.45, 2.75) is 91.9 Å². The third-order valence-electron chi connectivity index (χ3n) is 7.50. The minimum atomic E-state index is 0.223. The first kappa shape index (κ1) is 26.1. The summed E-state index contributed by atoms with van der Waals surface area (Å²) in [6, 6.07) is 18.4. The lowest BCUT2D eigenvalue weighted by molar-refractivity contribution is 0.339. The molecule has 2 aliphatic rings. The SMILES string of the molecule is CC.CC/C=C(\C)C1(c2ccc(N(C3=CCC(C)C=C3)c3ccc(C)cc3)cc2)CCCCC1. The Morgan fingerprint density at radius 1 is 0.941 bits per heavy atom. The summed E-state index contributed by atoms with van der Waals surface area (Å²) in [6.07, 6.45) is 18.3. The van der Waals surface area contributed by atoms with Crippen molar-refractivity contribution < 1.29 is 0 Å². The van der Waals surface area contributed by atoms with Crippen molar-refractivity contribution in [3.8, 4) is 0 Å². The summed E-state index contributed by atoms with van der Waals surface area (Å²) in [5, 5.41) is 0. The van der Waals surface area contributed by atoms with Crippen molar-refractivity contribution in [2.75, 3.05) is 4.90 Å². The van der Waals surface area contributed by atoms with Gasteiger partial charge in [0.05, 0.1) is 0 Å². The van der Waals surface area contributed by atoms with Crippen LogP contribution in [-0.2, 0) is 5.41 Å². The van der Waals surface area contributed by atoms with Crippen molar-refractivity contribution in [1.82, 2.24) is 0 Å². The van der Waals surface area contributed by atoms with E-state index in [1.165, 1.54) is 60.3 Å². The van der Waals surface area contributed by atoms with Crippen LogP contribution in [0.2, 0.25) is 0 Å². The van der Waals surface area contributed by atoms with E-state index in [1.54, 1.807) is 5.57 Å². The molecule has 34 heavy (non-hydrogen) atoms. The zero-order chi connectivity index (χ0) is 24.6. The number of nitrogens with zero attached hydrogens (tertiary/aromatic N) is 1. The van der Waals surface area contributed by atoms with Crippen LogP contribution >= 0.6 is 0 Å². The number of hydrogen-bond donors (Lipinski definition) is 0. The van der Waals surface area contributed by atoms with Gasteiger partial charge in [0.25, 0.3) is 0 Å². The highest BCUT2D eigenvalue weighted by Gasteiger charge is 2.35. The summed E-state index contributed by atoms with van der Waals surface area (Å²) < 4.78 is 0. The first-order chi connectivity index (χ1) is 16.5. The Morgan fingerprint density at radius 2 is 1.53 bits per heavy atom. The lowest BCUT2D eigenvalue weighted by Crippen LogP contribution is -2.30. The van der Waals surface area contributed by atoms with Gasteiger partial charge in [-0.2, -0.15) is 0 Å². The molecule has 0 saturated heterocycles. The molecule has 0 amide bonds. The van der Waals surface area contributed by atoms with Gasteiger partial charge >= 0.3 is 0 Å². The number of allylic oxidation sites excluding steroid dienone is 5. The van der Waals surface area contributed by atoms with E-state index in [0.29, 0.717) is 5.92 Å². The van der Waals surface area contributed by atoms with Crippen LogP contribution in [-0.4, -0.2) is 0 Å². The number of anilines is 2. The lowest BCUT2D eigenvalue weighted by Gasteiger charge is -2.39. The Balaban J connectivity index is 0.00000158. The maximum absolute atomic E-state index is 2.45. The molecule has 0 radical (unpaired) electrons. The van der Waals surface area contributed by atoms with E-state index in [1.807, 2.05) is 13.8 Å². The zero-order valence-electron chi connectivity index (χ0n) is 22.4. The van der Waals surface area contributed by atoms with E-state index in [4.69, 9.17) is 0 Å². The molecule has 1 unspecified atom stereocenters. The molecule has 2 aliphatic carbocycles. The van der Waals surface area contributed by atoms with Crippen molar-refractivity contribution in [1.29, 1.82) is 0 Å². The normalized spacial score (nSPS) is 19.6. The average Bonchev–Trinajstić information content (AvgIpc) is 2.88. The van der Waals surface area contributed by atoms with Crippen LogP contribution in [0.15, 0.2) is 84.1 Å². The quantitative estimate of drug-likeness (QED) is 0.392. The number of hydrogen-bond acceptors (Lipinski definition) is 1. The Kier molecular flexibility index (Phi) is 9.39. The number of aryl methyl sites for hydroxylation is 1. The summed E-state index contributed by atoms with van der Waals surface area (Å²) >= 11 is 0. The minimum Gasteiger partial charge on any atom is -0.311 e. The van der Waals surface area contributed by atoms with Gasteiger partial charge in [-0.15, -0.1) is 0 Å². The monoisotopic (exact) mass is 455 g/mol. The fourth-order valence-corrected chi connectivity index (χ4v) is 5.52. The van der Waals surface area contributed by atoms with E-state index in [2.05, 4.69) is 105 Å². The largest absolute Gasteiger partial charge is 0.311 e. The molecule has 2 aromatic carbocycles. The fraction of sp³-hybridized carbons (Fsp3) is 0.455. The molecule has 1 fully saturated rings. The van der Waals surface area contributed by atoms with E-state index in [0.717, 1.165) is 12.8 Å². The highest BCUT2D eigenvalue weighted by atomic mass is 15.1. The van der Waals surface area contributed by atoms with Gasteiger partial charge in [-0.3, -0.25) is 0 Å². The number of benzene rings is 2. The zero-order valence-corrected chi connectivity index (χ0v) is 22.4. The second kappa shape index (κ2) is 12.2. The van der Waals surface area contributed by atoms with Gasteiger partial charge in [-0.25, -0.2) is 0 Å². The van der Waals surface area contributed by atoms with Gasteiger partial charge in [-0.1, -0.05) is 101 Å². The second-order valence-corrected chi connectivity index (χ2v) is 9.86. The molecule has 0 spiro atoms. The molecule has 1 heteroatoms. The topological polar surface area (TPSA) is 3.24 Å². The molecule has 2 aromatic rings. The molecule has 0 aromatic heterocycles. The van der Waals surface area contributed by atoms with E-state index in [-0.39, 0.29) is 5.41 Å². The Labute approximate surface area is 209 Å². The highest BCUT2D eigenvalue weighted by molar-refractivity contribution is 5.71. The predicted molar refractivity (Wildman–Crippen MR) is 151 cm³/mol. The molecule has 0 bridgehead atoms. The average molecular weight is 456 g/mol. The van der Waals surface area contributed by atoms with Gasteiger partial charge in [-0.05, 0) is 81.4 Å². The molecule has 0 aliphatic heterocycles. The molecule has 1 atom stereocenters. The molecular formula is C33H45N. The van der Waals surface area contributed by atoms with Gasteiger partial charge < -0.3 is 4.90 Å². The molecule has 1 saturated carbocycles. The van der Waals surface area contributed by atoms with Crippen molar-refractivity contribution >= 4 is 11.4 Å². The minimum absolute atomic E-state index is 0.223. The molecule has 0 N–H and O–H groups in total. The Morgan fingerprint density at radius 3 is 2.06 bits per heavy atom. The summed E-state index contributed by atoms with van der Waals surface area (Å²) in [4.78, 5) is 2.41. The summed E-state index contributed by atoms with van der Waals surface area (Å²) in [5.74, 6) is 0.612. The first-order valence-corrected chi connectivity index (χ1v) is 13.6. The third kappa shape index (κ3) is 5.74. The first-order valence-electron chi connectivity index (χ1n) is 13.6. The van der Waals surface area contributed by atoms with Gasteiger partial charge in [0.2, 0.25) is 0 Å². The van der Waals surface area contributed by atoms with Crippen LogP contribution in [0.4, 0.5) is 11.4 Å². The van der Waals surface area contributed by atoms with Crippen molar-refractivity contribution in [3.63, 3.8) is 0 Å². The smallest absolute Gasteiger partial charge is 0.0461 e. The standard InChI is InChI=1S/C31H39N.C2H6/c1-5-9-26(4)31(22-7-6-8-23-31)27-14-20-30(21-15-27)32(28-16-10-24(2)11-17-28)29-18-12-25(3)13-19-29;1-2/h9-12,14-21,25H,5-8,13,22-23H2,1-4H3;1-2H3/b26-9+;. The Hall–Kier alpha value is -2.54. The van der Waals surface area contributed by atoms with Crippen LogP contribution in [0.25, 0.3) is 0 Å². The maximum Gasteiger partial charge on any atom is 0.0461 e. The summed E-state index contributed by atoms with van der Waals surface area (Å²) in [5.41, 5.74) is 8.32. The predicted octanol–water partition coefficient (Wildman–Crippen LogP) is 10.2. The number of rotatable bonds is 6. The van der Waals surface area contributed by atoms with Crippen LogP contribution in [0.3, 0.4) is 0 Å². The van der Waals surface area contributed by atoms with Crippen LogP contribution in [0.5, 0.6) is 0 Å². The molecular weight excluding hydrogens is 410 g/mol. The lowest BCUT2D eigenvalue weighted by atomic mass is 9.65. The maximum atomic E-state index is 2.45. The molecule has 0 heterocycles. The van der Waals surface area contributed by atoms with Gasteiger partial charge in [0, 0.05) is 22.5 Å². The molecule has 4 rings (SSSR count). The van der Waals surface area contributed by atoms with Crippen molar-refractivity contribution in [2.24, 2.45) is 5.92 Å². The summed E-state index contributed by atoms with van der Waals surface area (Å²) in [7, 11) is 0. The Bertz CT molecular complexity index is 982. The highest BCUT2D eigenvalue weighted by Crippen LogP contribution is 2.46.